The van der Waals surface area contributed by atoms with Crippen LogP contribution in [-0.4, -0.2) is 19.1 Å². The van der Waals surface area contributed by atoms with E-state index >= 15 is 0 Å². The molecule has 0 saturated carbocycles. The van der Waals surface area contributed by atoms with Crippen molar-refractivity contribution < 1.29 is 9.53 Å². The Morgan fingerprint density at radius 3 is 2.76 bits per heavy atom. The van der Waals surface area contributed by atoms with Crippen LogP contribution in [0.4, 0.5) is 5.69 Å². The Morgan fingerprint density at radius 2 is 2.24 bits per heavy atom. The second-order valence-corrected chi connectivity index (χ2v) is 4.33. The molecule has 6 heteroatoms. The van der Waals surface area contributed by atoms with Gasteiger partial charge < -0.3 is 15.8 Å². The largest absolute Gasteiger partial charge is 0.380 e. The first-order valence-electron chi connectivity index (χ1n) is 4.89. The van der Waals surface area contributed by atoms with Crippen LogP contribution in [0.5, 0.6) is 0 Å². The summed E-state index contributed by atoms with van der Waals surface area (Å²) < 4.78 is 5.98. The van der Waals surface area contributed by atoms with Crippen molar-refractivity contribution in [2.75, 3.05) is 12.4 Å². The summed E-state index contributed by atoms with van der Waals surface area (Å²) in [6.07, 6.45) is 0. The fourth-order valence-electron chi connectivity index (χ4n) is 1.21. The van der Waals surface area contributed by atoms with Gasteiger partial charge >= 0.3 is 0 Å². The van der Waals surface area contributed by atoms with Gasteiger partial charge in [-0.1, -0.05) is 22.0 Å². The highest BCUT2D eigenvalue weighted by molar-refractivity contribution is 9.10. The van der Waals surface area contributed by atoms with E-state index in [1.807, 2.05) is 18.2 Å². The minimum atomic E-state index is -0.533. The van der Waals surface area contributed by atoms with E-state index in [-0.39, 0.29) is 18.3 Å². The molecule has 1 aromatic rings. The van der Waals surface area contributed by atoms with Crippen molar-refractivity contribution in [1.82, 2.24) is 0 Å². The molecule has 1 aromatic carbocycles. The molecule has 0 fully saturated rings. The molecule has 1 atom stereocenters. The average Bonchev–Trinajstić information content (AvgIpc) is 2.23. The summed E-state index contributed by atoms with van der Waals surface area (Å²) in [6.45, 7) is 2.07. The van der Waals surface area contributed by atoms with Crippen LogP contribution in [0, 0.1) is 0 Å². The maximum Gasteiger partial charge on any atom is 0.241 e. The monoisotopic (exact) mass is 322 g/mol. The van der Waals surface area contributed by atoms with Crippen molar-refractivity contribution in [3.05, 3.63) is 28.2 Å². The van der Waals surface area contributed by atoms with Gasteiger partial charge in [-0.15, -0.1) is 12.4 Å². The van der Waals surface area contributed by atoms with Gasteiger partial charge in [0.15, 0.2) is 0 Å². The Hall–Kier alpha value is -0.620. The number of amides is 1. The number of benzene rings is 1. The lowest BCUT2D eigenvalue weighted by Crippen LogP contribution is -2.32. The summed E-state index contributed by atoms with van der Waals surface area (Å²) in [4.78, 5) is 11.5. The molecule has 1 rings (SSSR count). The second kappa shape index (κ2) is 7.66. The Bertz CT molecular complexity index is 386. The molecule has 1 unspecified atom stereocenters. The van der Waals surface area contributed by atoms with Crippen LogP contribution in [0.1, 0.15) is 12.5 Å². The van der Waals surface area contributed by atoms with Crippen molar-refractivity contribution in [3.63, 3.8) is 0 Å². The van der Waals surface area contributed by atoms with E-state index in [0.717, 1.165) is 15.7 Å². The molecule has 0 aromatic heterocycles. The van der Waals surface area contributed by atoms with E-state index in [1.165, 1.54) is 0 Å². The number of hydrogen-bond donors (Lipinski definition) is 2. The third-order valence-electron chi connectivity index (χ3n) is 2.08. The predicted octanol–water partition coefficient (Wildman–Crippen LogP) is 2.30. The van der Waals surface area contributed by atoms with Crippen LogP contribution in [-0.2, 0) is 16.1 Å². The van der Waals surface area contributed by atoms with Crippen molar-refractivity contribution >= 4 is 39.9 Å². The number of methoxy groups -OCH3 is 1. The lowest BCUT2D eigenvalue weighted by molar-refractivity contribution is -0.117. The standard InChI is InChI=1S/C11H15BrN2O2.ClH/c1-7(13)11(15)14-10-5-3-4-9(12)8(10)6-16-2;/h3-5,7H,6,13H2,1-2H3,(H,14,15);1H. The van der Waals surface area contributed by atoms with Gasteiger partial charge in [0.2, 0.25) is 5.91 Å². The molecule has 0 saturated heterocycles. The highest BCUT2D eigenvalue weighted by Gasteiger charge is 2.12. The summed E-state index contributed by atoms with van der Waals surface area (Å²) in [5, 5.41) is 2.76. The first-order valence-corrected chi connectivity index (χ1v) is 5.68. The van der Waals surface area contributed by atoms with E-state index in [4.69, 9.17) is 10.5 Å². The normalized spacial score (nSPS) is 11.5. The molecular weight excluding hydrogens is 307 g/mol. The average molecular weight is 324 g/mol. The minimum absolute atomic E-state index is 0. The Morgan fingerprint density at radius 1 is 1.59 bits per heavy atom. The number of ether oxygens (including phenoxy) is 1. The molecule has 0 aliphatic carbocycles. The maximum atomic E-state index is 11.5. The van der Waals surface area contributed by atoms with Gasteiger partial charge in [-0.3, -0.25) is 4.79 Å². The molecule has 1 amide bonds. The quantitative estimate of drug-likeness (QED) is 0.893. The first kappa shape index (κ1) is 16.4. The zero-order valence-electron chi connectivity index (χ0n) is 9.70. The molecule has 17 heavy (non-hydrogen) atoms. The van der Waals surface area contributed by atoms with Crippen LogP contribution in [0.15, 0.2) is 22.7 Å². The third-order valence-corrected chi connectivity index (χ3v) is 2.82. The minimum Gasteiger partial charge on any atom is -0.380 e. The van der Waals surface area contributed by atoms with Crippen molar-refractivity contribution in [2.45, 2.75) is 19.6 Å². The molecule has 0 heterocycles. The highest BCUT2D eigenvalue weighted by atomic mass is 79.9. The van der Waals surface area contributed by atoms with Crippen LogP contribution < -0.4 is 11.1 Å². The lowest BCUT2D eigenvalue weighted by atomic mass is 10.2. The van der Waals surface area contributed by atoms with E-state index in [2.05, 4.69) is 21.2 Å². The molecular formula is C11H16BrClN2O2. The molecule has 96 valence electrons. The van der Waals surface area contributed by atoms with Crippen LogP contribution in [0.3, 0.4) is 0 Å². The number of carbonyl (C=O) groups is 1. The maximum absolute atomic E-state index is 11.5. The number of rotatable bonds is 4. The van der Waals surface area contributed by atoms with E-state index in [0.29, 0.717) is 6.61 Å². The summed E-state index contributed by atoms with van der Waals surface area (Å²) >= 11 is 3.41. The smallest absolute Gasteiger partial charge is 0.241 e. The molecule has 0 aliphatic heterocycles. The highest BCUT2D eigenvalue weighted by Crippen LogP contribution is 2.25. The Balaban J connectivity index is 0.00000256. The molecule has 0 spiro atoms. The van der Waals surface area contributed by atoms with Gasteiger partial charge in [-0.25, -0.2) is 0 Å². The van der Waals surface area contributed by atoms with Gasteiger partial charge in [-0.05, 0) is 19.1 Å². The fourth-order valence-corrected chi connectivity index (χ4v) is 1.69. The van der Waals surface area contributed by atoms with Gasteiger partial charge in [0.25, 0.3) is 0 Å². The fraction of sp³-hybridized carbons (Fsp3) is 0.364. The van der Waals surface area contributed by atoms with Crippen LogP contribution >= 0.6 is 28.3 Å². The van der Waals surface area contributed by atoms with Crippen molar-refractivity contribution in [2.24, 2.45) is 5.73 Å². The summed E-state index contributed by atoms with van der Waals surface area (Å²) in [5.74, 6) is -0.213. The Labute approximate surface area is 115 Å². The van der Waals surface area contributed by atoms with Gasteiger partial charge in [0, 0.05) is 22.8 Å². The van der Waals surface area contributed by atoms with Gasteiger partial charge in [0.1, 0.15) is 0 Å². The Kier molecular flexibility index (Phi) is 7.38. The van der Waals surface area contributed by atoms with Crippen LogP contribution in [0.25, 0.3) is 0 Å². The van der Waals surface area contributed by atoms with Crippen molar-refractivity contribution in [3.8, 4) is 0 Å². The van der Waals surface area contributed by atoms with Crippen molar-refractivity contribution in [1.29, 1.82) is 0 Å². The van der Waals surface area contributed by atoms with Gasteiger partial charge in [0.05, 0.1) is 12.6 Å². The van der Waals surface area contributed by atoms with Gasteiger partial charge in [-0.2, -0.15) is 0 Å². The third kappa shape index (κ3) is 4.63. The summed E-state index contributed by atoms with van der Waals surface area (Å²) in [6, 6.07) is 5.03. The molecule has 0 radical (unpaired) electrons. The van der Waals surface area contributed by atoms with Crippen LogP contribution in [0.2, 0.25) is 0 Å². The zero-order valence-corrected chi connectivity index (χ0v) is 12.1. The molecule has 4 nitrogen and oxygen atoms in total. The topological polar surface area (TPSA) is 64.3 Å². The first-order chi connectivity index (χ1) is 7.56. The molecule has 0 aliphatic rings. The number of hydrogen-bond acceptors (Lipinski definition) is 3. The number of carbonyl (C=O) groups excluding carboxylic acids is 1. The number of nitrogens with two attached hydrogens (primary N) is 1. The second-order valence-electron chi connectivity index (χ2n) is 3.48. The molecule has 0 bridgehead atoms. The zero-order chi connectivity index (χ0) is 12.1. The van der Waals surface area contributed by atoms with E-state index in [9.17, 15) is 4.79 Å². The number of nitrogens with one attached hydrogen (secondary N) is 1. The predicted molar refractivity (Wildman–Crippen MR) is 74.4 cm³/mol. The summed E-state index contributed by atoms with van der Waals surface area (Å²) in [5.41, 5.74) is 7.11. The lowest BCUT2D eigenvalue weighted by Gasteiger charge is -2.13. The summed E-state index contributed by atoms with van der Waals surface area (Å²) in [7, 11) is 1.61. The van der Waals surface area contributed by atoms with E-state index < -0.39 is 6.04 Å². The number of halogens is 2. The SMILES string of the molecule is COCc1c(Br)cccc1NC(=O)C(C)N.Cl. The number of anilines is 1. The molecule has 3 N–H and O–H groups in total. The van der Waals surface area contributed by atoms with E-state index in [1.54, 1.807) is 14.0 Å².